The minimum atomic E-state index is -0.704. The molecule has 0 saturated heterocycles. The van der Waals surface area contributed by atoms with Gasteiger partial charge in [-0.15, -0.1) is 11.3 Å². The van der Waals surface area contributed by atoms with Crippen LogP contribution in [-0.4, -0.2) is 22.8 Å². The molecule has 0 unspecified atom stereocenters. The van der Waals surface area contributed by atoms with Gasteiger partial charge in [-0.3, -0.25) is 9.59 Å². The number of aryl methyl sites for hydroxylation is 2. The lowest BCUT2D eigenvalue weighted by molar-refractivity contribution is -0.118. The zero-order valence-electron chi connectivity index (χ0n) is 15.2. The van der Waals surface area contributed by atoms with Gasteiger partial charge in [-0.2, -0.15) is 0 Å². The zero-order chi connectivity index (χ0) is 19.2. The van der Waals surface area contributed by atoms with E-state index in [4.69, 9.17) is 0 Å². The van der Waals surface area contributed by atoms with Gasteiger partial charge in [0, 0.05) is 16.9 Å². The fourth-order valence-electron chi connectivity index (χ4n) is 2.61. The number of anilines is 1. The van der Waals surface area contributed by atoms with E-state index in [1.807, 2.05) is 50.2 Å². The Bertz CT molecular complexity index is 904. The summed E-state index contributed by atoms with van der Waals surface area (Å²) < 4.78 is 0. The van der Waals surface area contributed by atoms with Crippen molar-refractivity contribution in [2.24, 2.45) is 0 Å². The highest BCUT2D eigenvalue weighted by atomic mass is 32.1. The van der Waals surface area contributed by atoms with Crippen molar-refractivity contribution in [3.63, 3.8) is 0 Å². The molecule has 1 atom stereocenters. The number of thiazole rings is 1. The number of nitrogens with one attached hydrogen (secondary N) is 2. The molecule has 2 amide bonds. The Hall–Kier alpha value is -2.99. The van der Waals surface area contributed by atoms with Gasteiger partial charge >= 0.3 is 0 Å². The van der Waals surface area contributed by atoms with Gasteiger partial charge in [0.15, 0.2) is 5.13 Å². The number of carbonyl (C=O) groups excluding carboxylic acids is 2. The topological polar surface area (TPSA) is 71.1 Å². The maximum Gasteiger partial charge on any atom is 0.251 e. The molecule has 0 aliphatic heterocycles. The van der Waals surface area contributed by atoms with E-state index >= 15 is 0 Å². The van der Waals surface area contributed by atoms with Crippen LogP contribution >= 0.6 is 11.3 Å². The Morgan fingerprint density at radius 3 is 2.22 bits per heavy atom. The van der Waals surface area contributed by atoms with Gasteiger partial charge in [-0.05, 0) is 31.5 Å². The number of nitrogens with zero attached hydrogens (tertiary/aromatic N) is 1. The predicted molar refractivity (Wildman–Crippen MR) is 108 cm³/mol. The van der Waals surface area contributed by atoms with E-state index in [1.165, 1.54) is 11.3 Å². The Morgan fingerprint density at radius 1 is 1.00 bits per heavy atom. The van der Waals surface area contributed by atoms with Crippen molar-refractivity contribution in [1.82, 2.24) is 10.3 Å². The third-order valence-corrected chi connectivity index (χ3v) is 5.19. The van der Waals surface area contributed by atoms with E-state index in [0.29, 0.717) is 17.1 Å². The van der Waals surface area contributed by atoms with Crippen LogP contribution in [0.4, 0.5) is 5.13 Å². The molecule has 1 heterocycles. The van der Waals surface area contributed by atoms with E-state index in [2.05, 4.69) is 15.6 Å². The van der Waals surface area contributed by atoms with Crippen LogP contribution in [0.1, 0.15) is 26.5 Å². The maximum absolute atomic E-state index is 12.8. The summed E-state index contributed by atoms with van der Waals surface area (Å²) in [4.78, 5) is 30.8. The summed E-state index contributed by atoms with van der Waals surface area (Å²) in [5.41, 5.74) is 2.38. The van der Waals surface area contributed by atoms with Gasteiger partial charge in [0.1, 0.15) is 6.04 Å². The summed E-state index contributed by atoms with van der Waals surface area (Å²) in [6, 6.07) is 17.8. The first-order chi connectivity index (χ1) is 13.0. The monoisotopic (exact) mass is 379 g/mol. The number of aromatic nitrogens is 1. The Morgan fingerprint density at radius 2 is 1.63 bits per heavy atom. The van der Waals surface area contributed by atoms with Crippen molar-refractivity contribution in [1.29, 1.82) is 0 Å². The molecule has 1 aromatic heterocycles. The molecule has 3 aromatic rings. The first-order valence-corrected chi connectivity index (χ1v) is 9.49. The molecule has 0 aliphatic rings. The lowest BCUT2D eigenvalue weighted by Gasteiger charge is -2.18. The van der Waals surface area contributed by atoms with Crippen LogP contribution < -0.4 is 10.6 Å². The van der Waals surface area contributed by atoms with E-state index in [0.717, 1.165) is 16.1 Å². The van der Waals surface area contributed by atoms with Crippen molar-refractivity contribution in [3.05, 3.63) is 82.4 Å². The standard InChI is InChI=1S/C21H21N3O2S/c1-14-15(2)27-21(22-14)24-20(26)18(13-16-9-5-3-6-10-16)23-19(25)17-11-7-4-8-12-17/h3-12,18H,13H2,1-2H3,(H,23,25)(H,22,24,26)/t18-/m0/s1. The zero-order valence-corrected chi connectivity index (χ0v) is 16.0. The average molecular weight is 379 g/mol. The summed E-state index contributed by atoms with van der Waals surface area (Å²) in [7, 11) is 0. The number of hydrogen-bond donors (Lipinski definition) is 2. The van der Waals surface area contributed by atoms with Gasteiger partial charge in [0.25, 0.3) is 5.91 Å². The lowest BCUT2D eigenvalue weighted by atomic mass is 10.0. The maximum atomic E-state index is 12.8. The van der Waals surface area contributed by atoms with Crippen LogP contribution in [0.15, 0.2) is 60.7 Å². The van der Waals surface area contributed by atoms with Gasteiger partial charge < -0.3 is 10.6 Å². The number of hydrogen-bond acceptors (Lipinski definition) is 4. The van der Waals surface area contributed by atoms with Gasteiger partial charge in [-0.25, -0.2) is 4.98 Å². The molecular formula is C21H21N3O2S. The summed E-state index contributed by atoms with van der Waals surface area (Å²) in [5, 5.41) is 6.23. The minimum Gasteiger partial charge on any atom is -0.340 e. The minimum absolute atomic E-state index is 0.279. The Kier molecular flexibility index (Phi) is 5.98. The highest BCUT2D eigenvalue weighted by Crippen LogP contribution is 2.21. The van der Waals surface area contributed by atoms with E-state index < -0.39 is 6.04 Å². The Balaban J connectivity index is 1.78. The van der Waals surface area contributed by atoms with Crippen molar-refractivity contribution >= 4 is 28.3 Å². The summed E-state index contributed by atoms with van der Waals surface area (Å²) in [5.74, 6) is -0.560. The van der Waals surface area contributed by atoms with Gasteiger partial charge in [-0.1, -0.05) is 48.5 Å². The smallest absolute Gasteiger partial charge is 0.251 e. The fraction of sp³-hybridized carbons (Fsp3) is 0.190. The van der Waals surface area contributed by atoms with E-state index in [-0.39, 0.29) is 11.8 Å². The third-order valence-electron chi connectivity index (χ3n) is 4.20. The van der Waals surface area contributed by atoms with Crippen LogP contribution in [0.2, 0.25) is 0 Å². The highest BCUT2D eigenvalue weighted by molar-refractivity contribution is 7.15. The number of rotatable bonds is 6. The molecule has 0 spiro atoms. The first kappa shape index (κ1) is 18.8. The summed E-state index contributed by atoms with van der Waals surface area (Å²) in [6.07, 6.45) is 0.397. The van der Waals surface area contributed by atoms with Crippen molar-refractivity contribution in [2.75, 3.05) is 5.32 Å². The second-order valence-corrected chi connectivity index (χ2v) is 7.43. The number of carbonyl (C=O) groups is 2. The molecule has 0 aliphatic carbocycles. The molecule has 0 bridgehead atoms. The third kappa shape index (κ3) is 5.01. The highest BCUT2D eigenvalue weighted by Gasteiger charge is 2.23. The SMILES string of the molecule is Cc1nc(NC(=O)[C@H](Cc2ccccc2)NC(=O)c2ccccc2)sc1C. The predicted octanol–water partition coefficient (Wildman–Crippen LogP) is 3.74. The molecular weight excluding hydrogens is 358 g/mol. The first-order valence-electron chi connectivity index (χ1n) is 8.67. The van der Waals surface area contributed by atoms with Crippen LogP contribution in [0, 0.1) is 13.8 Å². The lowest BCUT2D eigenvalue weighted by Crippen LogP contribution is -2.45. The molecule has 0 radical (unpaired) electrons. The molecule has 0 saturated carbocycles. The second-order valence-electron chi connectivity index (χ2n) is 6.23. The van der Waals surface area contributed by atoms with Crippen molar-refractivity contribution in [2.45, 2.75) is 26.3 Å². The largest absolute Gasteiger partial charge is 0.340 e. The molecule has 0 fully saturated rings. The summed E-state index contributed by atoms with van der Waals surface area (Å²) in [6.45, 7) is 3.86. The van der Waals surface area contributed by atoms with Crippen LogP contribution in [0.25, 0.3) is 0 Å². The summed E-state index contributed by atoms with van der Waals surface area (Å²) >= 11 is 1.43. The van der Waals surface area contributed by atoms with Crippen LogP contribution in [0.5, 0.6) is 0 Å². The normalized spacial score (nSPS) is 11.6. The van der Waals surface area contributed by atoms with Crippen molar-refractivity contribution < 1.29 is 9.59 Å². The molecule has 3 rings (SSSR count). The molecule has 6 heteroatoms. The number of amides is 2. The van der Waals surface area contributed by atoms with Crippen LogP contribution in [0.3, 0.4) is 0 Å². The molecule has 138 valence electrons. The second kappa shape index (κ2) is 8.60. The van der Waals surface area contributed by atoms with Gasteiger partial charge in [0.05, 0.1) is 5.69 Å². The van der Waals surface area contributed by atoms with E-state index in [1.54, 1.807) is 24.3 Å². The Labute approximate surface area is 162 Å². The molecule has 2 N–H and O–H groups in total. The van der Waals surface area contributed by atoms with Gasteiger partial charge in [0.2, 0.25) is 5.91 Å². The van der Waals surface area contributed by atoms with Crippen LogP contribution in [-0.2, 0) is 11.2 Å². The molecule has 5 nitrogen and oxygen atoms in total. The average Bonchev–Trinajstić information content (AvgIpc) is 2.99. The fourth-order valence-corrected chi connectivity index (χ4v) is 3.43. The quantitative estimate of drug-likeness (QED) is 0.685. The van der Waals surface area contributed by atoms with E-state index in [9.17, 15) is 9.59 Å². The van der Waals surface area contributed by atoms with Crippen molar-refractivity contribution in [3.8, 4) is 0 Å². The molecule has 27 heavy (non-hydrogen) atoms. The number of benzene rings is 2. The molecule has 2 aromatic carbocycles.